The predicted molar refractivity (Wildman–Crippen MR) is 91.6 cm³/mol. The average molecular weight is 341 g/mol. The quantitative estimate of drug-likeness (QED) is 0.849. The lowest BCUT2D eigenvalue weighted by molar-refractivity contribution is 0.572. The van der Waals surface area contributed by atoms with Crippen molar-refractivity contribution in [2.24, 2.45) is 5.73 Å². The molecular weight excluding hydrogens is 320 g/mol. The summed E-state index contributed by atoms with van der Waals surface area (Å²) in [6.07, 6.45) is 0.799. The highest BCUT2D eigenvalue weighted by Gasteiger charge is 2.16. The molecular formula is C16H21ClN2O2S. The van der Waals surface area contributed by atoms with E-state index in [1.807, 2.05) is 43.3 Å². The molecule has 0 aromatic heterocycles. The normalized spacial score (nSPS) is 12.5. The summed E-state index contributed by atoms with van der Waals surface area (Å²) in [5.41, 5.74) is 7.91. The first-order chi connectivity index (χ1) is 10.0. The molecule has 2 aromatic rings. The lowest BCUT2D eigenvalue weighted by Gasteiger charge is -2.13. The van der Waals surface area contributed by atoms with Crippen LogP contribution in [0.2, 0.25) is 0 Å². The van der Waals surface area contributed by atoms with Crippen molar-refractivity contribution in [3.05, 3.63) is 65.7 Å². The molecule has 0 heterocycles. The number of aryl methyl sites for hydroxylation is 1. The number of sulfonamides is 1. The number of nitrogens with one attached hydrogen (secondary N) is 1. The minimum absolute atomic E-state index is 0. The van der Waals surface area contributed by atoms with E-state index in [2.05, 4.69) is 4.72 Å². The van der Waals surface area contributed by atoms with Crippen molar-refractivity contribution in [3.8, 4) is 0 Å². The largest absolute Gasteiger partial charge is 0.323 e. The Hall–Kier alpha value is -1.40. The summed E-state index contributed by atoms with van der Waals surface area (Å²) in [5, 5.41) is 0. The van der Waals surface area contributed by atoms with Gasteiger partial charge in [0.1, 0.15) is 0 Å². The topological polar surface area (TPSA) is 72.2 Å². The van der Waals surface area contributed by atoms with Crippen LogP contribution in [0.15, 0.2) is 59.5 Å². The average Bonchev–Trinajstić information content (AvgIpc) is 2.53. The highest BCUT2D eigenvalue weighted by atomic mass is 35.5. The van der Waals surface area contributed by atoms with Gasteiger partial charge in [0.15, 0.2) is 0 Å². The molecule has 3 N–H and O–H groups in total. The van der Waals surface area contributed by atoms with Crippen LogP contribution >= 0.6 is 12.4 Å². The van der Waals surface area contributed by atoms with Crippen molar-refractivity contribution >= 4 is 22.4 Å². The van der Waals surface area contributed by atoms with E-state index < -0.39 is 10.0 Å². The lowest BCUT2D eigenvalue weighted by Crippen LogP contribution is -2.32. The van der Waals surface area contributed by atoms with Gasteiger partial charge in [0.25, 0.3) is 0 Å². The molecule has 0 bridgehead atoms. The number of halogens is 1. The van der Waals surface area contributed by atoms with Gasteiger partial charge in [-0.15, -0.1) is 12.4 Å². The summed E-state index contributed by atoms with van der Waals surface area (Å²) in [7, 11) is -3.53. The van der Waals surface area contributed by atoms with Gasteiger partial charge in [0, 0.05) is 12.6 Å². The molecule has 120 valence electrons. The van der Waals surface area contributed by atoms with E-state index in [1.54, 1.807) is 18.2 Å². The first-order valence-corrected chi connectivity index (χ1v) is 8.40. The fourth-order valence-electron chi connectivity index (χ4n) is 2.03. The smallest absolute Gasteiger partial charge is 0.240 e. The lowest BCUT2D eigenvalue weighted by atomic mass is 10.1. The van der Waals surface area contributed by atoms with Gasteiger partial charge in [-0.25, -0.2) is 13.1 Å². The summed E-state index contributed by atoms with van der Waals surface area (Å²) in [5.74, 6) is 0. The van der Waals surface area contributed by atoms with Crippen LogP contribution in [0, 0.1) is 0 Å². The predicted octanol–water partition coefficient (Wildman–Crippen LogP) is 2.65. The van der Waals surface area contributed by atoms with Crippen LogP contribution in [0.25, 0.3) is 0 Å². The molecule has 0 fully saturated rings. The van der Waals surface area contributed by atoms with Gasteiger partial charge in [0.2, 0.25) is 10.0 Å². The maximum atomic E-state index is 12.3. The zero-order valence-electron chi connectivity index (χ0n) is 12.4. The maximum absolute atomic E-state index is 12.3. The fraction of sp³-hybridized carbons (Fsp3) is 0.250. The molecule has 0 aliphatic carbocycles. The molecule has 0 saturated heterocycles. The molecule has 0 spiro atoms. The van der Waals surface area contributed by atoms with E-state index in [-0.39, 0.29) is 29.9 Å². The Morgan fingerprint density at radius 2 is 1.77 bits per heavy atom. The Labute approximate surface area is 138 Å². The van der Waals surface area contributed by atoms with Crippen molar-refractivity contribution in [3.63, 3.8) is 0 Å². The van der Waals surface area contributed by atoms with Crippen LogP contribution in [-0.4, -0.2) is 15.0 Å². The van der Waals surface area contributed by atoms with Crippen molar-refractivity contribution in [2.75, 3.05) is 6.54 Å². The molecule has 0 radical (unpaired) electrons. The van der Waals surface area contributed by atoms with Crippen LogP contribution in [0.4, 0.5) is 0 Å². The summed E-state index contributed by atoms with van der Waals surface area (Å²) in [4.78, 5) is 0.280. The molecule has 6 heteroatoms. The van der Waals surface area contributed by atoms with E-state index >= 15 is 0 Å². The van der Waals surface area contributed by atoms with Crippen LogP contribution < -0.4 is 10.5 Å². The third-order valence-corrected chi connectivity index (χ3v) is 4.76. The maximum Gasteiger partial charge on any atom is 0.240 e. The fourth-order valence-corrected chi connectivity index (χ4v) is 3.16. The molecule has 0 amide bonds. The highest BCUT2D eigenvalue weighted by Crippen LogP contribution is 2.13. The summed E-state index contributed by atoms with van der Waals surface area (Å²) >= 11 is 0. The first kappa shape index (κ1) is 18.6. The monoisotopic (exact) mass is 340 g/mol. The third-order valence-electron chi connectivity index (χ3n) is 3.34. The van der Waals surface area contributed by atoms with Crippen LogP contribution in [0.5, 0.6) is 0 Å². The van der Waals surface area contributed by atoms with Gasteiger partial charge in [0.05, 0.1) is 4.90 Å². The second kappa shape index (κ2) is 8.29. The Balaban J connectivity index is 0.00000242. The van der Waals surface area contributed by atoms with Crippen LogP contribution in [0.3, 0.4) is 0 Å². The number of hydrogen-bond donors (Lipinski definition) is 2. The zero-order valence-corrected chi connectivity index (χ0v) is 14.0. The van der Waals surface area contributed by atoms with Gasteiger partial charge in [-0.05, 0) is 29.7 Å². The van der Waals surface area contributed by atoms with Gasteiger partial charge >= 0.3 is 0 Å². The standard InChI is InChI=1S/C16H20N2O2S.ClH/c1-2-13-7-6-10-15(11-13)21(19,20)18-12-16(17)14-8-4-3-5-9-14;/h3-11,16,18H,2,12,17H2,1H3;1H. The minimum atomic E-state index is -3.53. The second-order valence-corrected chi connectivity index (χ2v) is 6.64. The summed E-state index contributed by atoms with van der Waals surface area (Å²) in [6.45, 7) is 2.16. The highest BCUT2D eigenvalue weighted by molar-refractivity contribution is 7.89. The number of benzene rings is 2. The molecule has 2 aromatic carbocycles. The molecule has 0 saturated carbocycles. The van der Waals surface area contributed by atoms with E-state index in [0.29, 0.717) is 0 Å². The number of rotatable bonds is 6. The summed E-state index contributed by atoms with van der Waals surface area (Å²) in [6, 6.07) is 16.0. The Kier molecular flexibility index (Phi) is 7.03. The number of nitrogens with two attached hydrogens (primary N) is 1. The minimum Gasteiger partial charge on any atom is -0.323 e. The van der Waals surface area contributed by atoms with Crippen molar-refractivity contribution in [2.45, 2.75) is 24.3 Å². The summed E-state index contributed by atoms with van der Waals surface area (Å²) < 4.78 is 27.1. The van der Waals surface area contributed by atoms with Crippen LogP contribution in [0.1, 0.15) is 24.1 Å². The van der Waals surface area contributed by atoms with E-state index in [1.165, 1.54) is 0 Å². The first-order valence-electron chi connectivity index (χ1n) is 6.92. The molecule has 0 aliphatic heterocycles. The number of hydrogen-bond acceptors (Lipinski definition) is 3. The van der Waals surface area contributed by atoms with Gasteiger partial charge in [-0.1, -0.05) is 49.4 Å². The Morgan fingerprint density at radius 1 is 1.09 bits per heavy atom. The molecule has 1 unspecified atom stereocenters. The molecule has 22 heavy (non-hydrogen) atoms. The van der Waals surface area contributed by atoms with Gasteiger partial charge in [-0.3, -0.25) is 0 Å². The van der Waals surface area contributed by atoms with Crippen molar-refractivity contribution in [1.82, 2.24) is 4.72 Å². The second-order valence-electron chi connectivity index (χ2n) is 4.87. The van der Waals surface area contributed by atoms with E-state index in [0.717, 1.165) is 17.5 Å². The third kappa shape index (κ3) is 4.81. The van der Waals surface area contributed by atoms with Gasteiger partial charge < -0.3 is 5.73 Å². The van der Waals surface area contributed by atoms with E-state index in [4.69, 9.17) is 5.73 Å². The van der Waals surface area contributed by atoms with Crippen molar-refractivity contribution < 1.29 is 8.42 Å². The van der Waals surface area contributed by atoms with E-state index in [9.17, 15) is 8.42 Å². The van der Waals surface area contributed by atoms with Crippen LogP contribution in [-0.2, 0) is 16.4 Å². The van der Waals surface area contributed by atoms with Crippen molar-refractivity contribution in [1.29, 1.82) is 0 Å². The molecule has 0 aliphatic rings. The molecule has 2 rings (SSSR count). The Morgan fingerprint density at radius 3 is 2.41 bits per heavy atom. The zero-order chi connectivity index (χ0) is 15.3. The SMILES string of the molecule is CCc1cccc(S(=O)(=O)NCC(N)c2ccccc2)c1.Cl. The molecule has 4 nitrogen and oxygen atoms in total. The van der Waals surface area contributed by atoms with Gasteiger partial charge in [-0.2, -0.15) is 0 Å². The Bertz CT molecular complexity index is 690. The molecule has 1 atom stereocenters.